The van der Waals surface area contributed by atoms with E-state index >= 15 is 0 Å². The van der Waals surface area contributed by atoms with E-state index in [1.54, 1.807) is 32.9 Å². The van der Waals surface area contributed by atoms with Crippen molar-refractivity contribution < 1.29 is 23.9 Å². The minimum atomic E-state index is -0.694. The van der Waals surface area contributed by atoms with Crippen LogP contribution in [-0.2, 0) is 14.3 Å². The number of carbonyl (C=O) groups is 3. The van der Waals surface area contributed by atoms with E-state index < -0.39 is 17.7 Å². The van der Waals surface area contributed by atoms with E-state index in [2.05, 4.69) is 5.32 Å². The number of alkyl carbamates (subject to hydrolysis) is 1. The second-order valence-electron chi connectivity index (χ2n) is 7.94. The predicted molar refractivity (Wildman–Crippen MR) is 111 cm³/mol. The van der Waals surface area contributed by atoms with Gasteiger partial charge in [-0.3, -0.25) is 9.59 Å². The van der Waals surface area contributed by atoms with Gasteiger partial charge in [0, 0.05) is 18.0 Å². The number of hydrogen-bond acceptors (Lipinski definition) is 5. The van der Waals surface area contributed by atoms with Crippen LogP contribution < -0.4 is 10.1 Å². The standard InChI is InChI=1S/C20H26Cl2N2O5/c1-11(25)14-8-12(17-15(28-5)7-6-13(21)18(17)22)10-24(14)16(26)9-23-19(27)29-20(2,3)4/h6-7,12,14H,8-10H2,1-5H3,(H,23,27)/t12-,14-/m0/s1. The lowest BCUT2D eigenvalue weighted by atomic mass is 9.94. The molecule has 1 saturated heterocycles. The summed E-state index contributed by atoms with van der Waals surface area (Å²) in [5.41, 5.74) is -0.00321. The van der Waals surface area contributed by atoms with E-state index in [0.717, 1.165) is 0 Å². The Labute approximate surface area is 180 Å². The molecule has 1 fully saturated rings. The van der Waals surface area contributed by atoms with Gasteiger partial charge in [-0.05, 0) is 46.2 Å². The molecule has 1 aliphatic heterocycles. The Bertz CT molecular complexity index is 807. The SMILES string of the molecule is COc1ccc(Cl)c(Cl)c1[C@H]1C[C@@H](C(C)=O)N(C(=O)CNC(=O)OC(C)(C)C)C1. The fourth-order valence-corrected chi connectivity index (χ4v) is 3.85. The maximum Gasteiger partial charge on any atom is 0.408 e. The summed E-state index contributed by atoms with van der Waals surface area (Å²) in [5.74, 6) is -0.200. The van der Waals surface area contributed by atoms with E-state index in [1.165, 1.54) is 18.9 Å². The molecule has 1 aromatic rings. The first-order chi connectivity index (χ1) is 13.4. The molecule has 0 unspecified atom stereocenters. The highest BCUT2D eigenvalue weighted by molar-refractivity contribution is 6.42. The number of nitrogens with one attached hydrogen (secondary N) is 1. The molecule has 29 heavy (non-hydrogen) atoms. The normalized spacial score (nSPS) is 19.1. The maximum absolute atomic E-state index is 12.7. The van der Waals surface area contributed by atoms with Crippen molar-refractivity contribution in [2.75, 3.05) is 20.2 Å². The van der Waals surface area contributed by atoms with Gasteiger partial charge in [0.2, 0.25) is 5.91 Å². The zero-order valence-electron chi connectivity index (χ0n) is 17.2. The number of Topliss-reactive ketones (excluding diaryl/α,β-unsaturated/α-hetero) is 1. The van der Waals surface area contributed by atoms with Crippen molar-refractivity contribution in [3.63, 3.8) is 0 Å². The number of likely N-dealkylation sites (tertiary alicyclic amines) is 1. The molecule has 0 saturated carbocycles. The van der Waals surface area contributed by atoms with Crippen molar-refractivity contribution >= 4 is 41.0 Å². The van der Waals surface area contributed by atoms with Gasteiger partial charge in [0.05, 0.1) is 23.2 Å². The third kappa shape index (κ3) is 5.76. The number of benzene rings is 1. The molecule has 1 aliphatic rings. The molecule has 0 aromatic heterocycles. The smallest absolute Gasteiger partial charge is 0.408 e. The monoisotopic (exact) mass is 444 g/mol. The van der Waals surface area contributed by atoms with Crippen LogP contribution in [0.1, 0.15) is 45.6 Å². The predicted octanol–water partition coefficient (Wildman–Crippen LogP) is 3.80. The summed E-state index contributed by atoms with van der Waals surface area (Å²) in [6.45, 7) is 6.61. The quantitative estimate of drug-likeness (QED) is 0.746. The number of halogens is 2. The highest BCUT2D eigenvalue weighted by Crippen LogP contribution is 2.43. The fourth-order valence-electron chi connectivity index (χ4n) is 3.38. The van der Waals surface area contributed by atoms with Gasteiger partial charge in [-0.1, -0.05) is 23.2 Å². The molecule has 0 bridgehead atoms. The minimum absolute atomic E-state index is 0.143. The van der Waals surface area contributed by atoms with Crippen molar-refractivity contribution in [2.24, 2.45) is 0 Å². The fraction of sp³-hybridized carbons (Fsp3) is 0.550. The van der Waals surface area contributed by atoms with Gasteiger partial charge in [-0.2, -0.15) is 0 Å². The van der Waals surface area contributed by atoms with Crippen LogP contribution in [0, 0.1) is 0 Å². The lowest BCUT2D eigenvalue weighted by molar-refractivity contribution is -0.136. The largest absolute Gasteiger partial charge is 0.496 e. The second-order valence-corrected chi connectivity index (χ2v) is 8.72. The number of carbonyl (C=O) groups excluding carboxylic acids is 3. The van der Waals surface area contributed by atoms with Crippen LogP contribution in [0.25, 0.3) is 0 Å². The van der Waals surface area contributed by atoms with Gasteiger partial charge in [0.15, 0.2) is 5.78 Å². The summed E-state index contributed by atoms with van der Waals surface area (Å²) in [4.78, 5) is 38.2. The summed E-state index contributed by atoms with van der Waals surface area (Å²) in [6, 6.07) is 2.73. The van der Waals surface area contributed by atoms with E-state index in [1.807, 2.05) is 0 Å². The van der Waals surface area contributed by atoms with Crippen LogP contribution in [-0.4, -0.2) is 54.5 Å². The van der Waals surface area contributed by atoms with Crippen LogP contribution >= 0.6 is 23.2 Å². The Morgan fingerprint density at radius 3 is 2.45 bits per heavy atom. The van der Waals surface area contributed by atoms with Gasteiger partial charge in [0.25, 0.3) is 0 Å². The van der Waals surface area contributed by atoms with Gasteiger partial charge < -0.3 is 19.7 Å². The molecular weight excluding hydrogens is 419 g/mol. The van der Waals surface area contributed by atoms with Gasteiger partial charge >= 0.3 is 6.09 Å². The molecule has 1 aromatic carbocycles. The average molecular weight is 445 g/mol. The summed E-state index contributed by atoms with van der Waals surface area (Å²) >= 11 is 12.6. The third-order valence-electron chi connectivity index (χ3n) is 4.59. The lowest BCUT2D eigenvalue weighted by Crippen LogP contribution is -2.45. The van der Waals surface area contributed by atoms with Crippen molar-refractivity contribution in [3.05, 3.63) is 27.7 Å². The summed E-state index contributed by atoms with van der Waals surface area (Å²) in [7, 11) is 1.52. The van der Waals surface area contributed by atoms with Crippen LogP contribution in [0.5, 0.6) is 5.75 Å². The van der Waals surface area contributed by atoms with Crippen molar-refractivity contribution in [1.29, 1.82) is 0 Å². The second kappa shape index (κ2) is 9.22. The Morgan fingerprint density at radius 1 is 1.24 bits per heavy atom. The number of ether oxygens (including phenoxy) is 2. The minimum Gasteiger partial charge on any atom is -0.496 e. The molecule has 0 spiro atoms. The summed E-state index contributed by atoms with van der Waals surface area (Å²) in [6.07, 6.45) is -0.301. The molecule has 160 valence electrons. The van der Waals surface area contributed by atoms with Gasteiger partial charge in [-0.15, -0.1) is 0 Å². The zero-order valence-corrected chi connectivity index (χ0v) is 18.7. The van der Waals surface area contributed by atoms with Crippen molar-refractivity contribution in [1.82, 2.24) is 10.2 Å². The third-order valence-corrected chi connectivity index (χ3v) is 5.41. The highest BCUT2D eigenvalue weighted by atomic mass is 35.5. The molecule has 1 heterocycles. The van der Waals surface area contributed by atoms with Crippen molar-refractivity contribution in [2.45, 2.75) is 51.7 Å². The molecular formula is C20H26Cl2N2O5. The van der Waals surface area contributed by atoms with E-state index in [-0.39, 0.29) is 30.7 Å². The number of amides is 2. The number of nitrogens with zero attached hydrogens (tertiary/aromatic N) is 1. The molecule has 0 radical (unpaired) electrons. The first-order valence-electron chi connectivity index (χ1n) is 9.23. The summed E-state index contributed by atoms with van der Waals surface area (Å²) in [5, 5.41) is 3.16. The molecule has 2 rings (SSSR count). The van der Waals surface area contributed by atoms with Crippen LogP contribution in [0.4, 0.5) is 4.79 Å². The summed E-state index contributed by atoms with van der Waals surface area (Å²) < 4.78 is 10.5. The molecule has 2 amide bonds. The van der Waals surface area contributed by atoms with Crippen LogP contribution in [0.2, 0.25) is 10.0 Å². The van der Waals surface area contributed by atoms with Crippen LogP contribution in [0.3, 0.4) is 0 Å². The number of methoxy groups -OCH3 is 1. The Balaban J connectivity index is 2.18. The van der Waals surface area contributed by atoms with E-state index in [9.17, 15) is 14.4 Å². The molecule has 2 atom stereocenters. The first kappa shape index (κ1) is 23.3. The van der Waals surface area contributed by atoms with E-state index in [0.29, 0.717) is 27.8 Å². The zero-order chi connectivity index (χ0) is 21.9. The maximum atomic E-state index is 12.7. The Kier molecular flexibility index (Phi) is 7.40. The average Bonchev–Trinajstić information content (AvgIpc) is 3.05. The Morgan fingerprint density at radius 2 is 1.90 bits per heavy atom. The molecule has 0 aliphatic carbocycles. The lowest BCUT2D eigenvalue weighted by Gasteiger charge is -2.24. The van der Waals surface area contributed by atoms with E-state index in [4.69, 9.17) is 32.7 Å². The molecule has 1 N–H and O–H groups in total. The molecule has 7 nitrogen and oxygen atoms in total. The van der Waals surface area contributed by atoms with Crippen molar-refractivity contribution in [3.8, 4) is 5.75 Å². The van der Waals surface area contributed by atoms with Gasteiger partial charge in [-0.25, -0.2) is 4.79 Å². The number of rotatable bonds is 5. The topological polar surface area (TPSA) is 84.9 Å². The molecule has 9 heteroatoms. The first-order valence-corrected chi connectivity index (χ1v) is 9.98. The van der Waals surface area contributed by atoms with Crippen LogP contribution in [0.15, 0.2) is 12.1 Å². The highest BCUT2D eigenvalue weighted by Gasteiger charge is 2.40. The number of ketones is 1. The Hall–Kier alpha value is -1.99. The van der Waals surface area contributed by atoms with Gasteiger partial charge in [0.1, 0.15) is 17.9 Å². The number of hydrogen-bond donors (Lipinski definition) is 1.